The van der Waals surface area contributed by atoms with Crippen molar-refractivity contribution in [2.45, 2.75) is 32.2 Å². The summed E-state index contributed by atoms with van der Waals surface area (Å²) >= 11 is 0. The fourth-order valence-corrected chi connectivity index (χ4v) is 4.00. The SMILES string of the molecule is CCN1CC[C@]2(CN(Cc3cccnc3OC)CC(F)(F)C2)C1=O. The fraction of sp³-hybridized carbons (Fsp3) is 0.647. The number of carbonyl (C=O) groups is 1. The van der Waals surface area contributed by atoms with E-state index in [1.807, 2.05) is 13.0 Å². The van der Waals surface area contributed by atoms with Crippen LogP contribution in [0.25, 0.3) is 0 Å². The lowest BCUT2D eigenvalue weighted by atomic mass is 9.77. The zero-order valence-electron chi connectivity index (χ0n) is 14.1. The summed E-state index contributed by atoms with van der Waals surface area (Å²) < 4.78 is 34.0. The van der Waals surface area contributed by atoms with Crippen molar-refractivity contribution in [3.05, 3.63) is 23.9 Å². The van der Waals surface area contributed by atoms with E-state index in [9.17, 15) is 13.6 Å². The van der Waals surface area contributed by atoms with E-state index in [1.54, 1.807) is 22.1 Å². The first kappa shape index (κ1) is 17.1. The topological polar surface area (TPSA) is 45.7 Å². The number of likely N-dealkylation sites (tertiary alicyclic amines) is 2. The van der Waals surface area contributed by atoms with E-state index < -0.39 is 11.3 Å². The van der Waals surface area contributed by atoms with Crippen molar-refractivity contribution in [1.29, 1.82) is 0 Å². The van der Waals surface area contributed by atoms with E-state index in [0.717, 1.165) is 5.56 Å². The van der Waals surface area contributed by atoms with Gasteiger partial charge in [0, 0.05) is 44.4 Å². The quantitative estimate of drug-likeness (QED) is 0.843. The van der Waals surface area contributed by atoms with Crippen molar-refractivity contribution >= 4 is 5.91 Å². The number of carbonyl (C=O) groups excluding carboxylic acids is 1. The number of pyridine rings is 1. The molecule has 1 amide bonds. The molecule has 2 saturated heterocycles. The number of methoxy groups -OCH3 is 1. The molecule has 7 heteroatoms. The van der Waals surface area contributed by atoms with E-state index in [-0.39, 0.29) is 18.9 Å². The number of hydrogen-bond donors (Lipinski definition) is 0. The smallest absolute Gasteiger partial charge is 0.261 e. The summed E-state index contributed by atoms with van der Waals surface area (Å²) in [5, 5.41) is 0. The van der Waals surface area contributed by atoms with E-state index in [4.69, 9.17) is 4.74 Å². The second kappa shape index (κ2) is 6.27. The van der Waals surface area contributed by atoms with Crippen LogP contribution >= 0.6 is 0 Å². The molecule has 2 fully saturated rings. The van der Waals surface area contributed by atoms with Gasteiger partial charge in [-0.2, -0.15) is 0 Å². The fourth-order valence-electron chi connectivity index (χ4n) is 4.00. The zero-order valence-corrected chi connectivity index (χ0v) is 14.1. The lowest BCUT2D eigenvalue weighted by Crippen LogP contribution is -2.55. The number of aromatic nitrogens is 1. The van der Waals surface area contributed by atoms with Crippen molar-refractivity contribution in [3.63, 3.8) is 0 Å². The van der Waals surface area contributed by atoms with Gasteiger partial charge in [-0.3, -0.25) is 9.69 Å². The normalized spacial score (nSPS) is 27.0. The van der Waals surface area contributed by atoms with Crippen LogP contribution in [0.15, 0.2) is 18.3 Å². The van der Waals surface area contributed by atoms with Gasteiger partial charge >= 0.3 is 0 Å². The molecule has 0 N–H and O–H groups in total. The third-order valence-corrected chi connectivity index (χ3v) is 5.00. The largest absolute Gasteiger partial charge is 0.481 e. The number of halogens is 2. The van der Waals surface area contributed by atoms with Gasteiger partial charge in [-0.1, -0.05) is 6.07 Å². The monoisotopic (exact) mass is 339 g/mol. The standard InChI is InChI=1S/C17H23F2N3O2/c1-3-22-8-6-16(15(22)23)10-17(18,19)12-21(11-16)9-13-5-4-7-20-14(13)24-2/h4-5,7H,3,6,8-12H2,1-2H3/t16-/m0/s1. The maximum atomic E-state index is 14.4. The molecule has 5 nitrogen and oxygen atoms in total. The van der Waals surface area contributed by atoms with Crippen molar-refractivity contribution in [2.24, 2.45) is 5.41 Å². The van der Waals surface area contributed by atoms with Gasteiger partial charge in [0.1, 0.15) is 0 Å². The first-order valence-electron chi connectivity index (χ1n) is 8.26. The van der Waals surface area contributed by atoms with Crippen LogP contribution in [0.4, 0.5) is 8.78 Å². The number of amides is 1. The number of hydrogen-bond acceptors (Lipinski definition) is 4. The number of ether oxygens (including phenoxy) is 1. The van der Waals surface area contributed by atoms with Gasteiger partial charge in [-0.05, 0) is 19.4 Å². The summed E-state index contributed by atoms with van der Waals surface area (Å²) in [7, 11) is 1.51. The van der Waals surface area contributed by atoms with Gasteiger partial charge < -0.3 is 9.64 Å². The van der Waals surface area contributed by atoms with Crippen LogP contribution in [0, 0.1) is 5.41 Å². The van der Waals surface area contributed by atoms with Crippen LogP contribution in [-0.2, 0) is 11.3 Å². The molecule has 0 aromatic carbocycles. The van der Waals surface area contributed by atoms with Crippen LogP contribution in [0.3, 0.4) is 0 Å². The molecule has 2 aliphatic rings. The Hall–Kier alpha value is -1.76. The van der Waals surface area contributed by atoms with Crippen LogP contribution in [0.1, 0.15) is 25.3 Å². The Morgan fingerprint density at radius 1 is 1.38 bits per heavy atom. The highest BCUT2D eigenvalue weighted by molar-refractivity contribution is 5.85. The van der Waals surface area contributed by atoms with E-state index in [1.165, 1.54) is 7.11 Å². The van der Waals surface area contributed by atoms with Crippen LogP contribution in [0.5, 0.6) is 5.88 Å². The second-order valence-corrected chi connectivity index (χ2v) is 6.76. The molecule has 1 spiro atoms. The lowest BCUT2D eigenvalue weighted by molar-refractivity contribution is -0.155. The van der Waals surface area contributed by atoms with Gasteiger partial charge in [0.15, 0.2) is 0 Å². The Balaban J connectivity index is 1.83. The molecule has 0 bridgehead atoms. The van der Waals surface area contributed by atoms with Crippen molar-refractivity contribution in [1.82, 2.24) is 14.8 Å². The summed E-state index contributed by atoms with van der Waals surface area (Å²) in [5.74, 6) is -2.56. The number of piperidine rings is 1. The second-order valence-electron chi connectivity index (χ2n) is 6.76. The molecular weight excluding hydrogens is 316 g/mol. The maximum Gasteiger partial charge on any atom is 0.261 e. The summed E-state index contributed by atoms with van der Waals surface area (Å²) in [6, 6.07) is 3.58. The molecule has 0 unspecified atom stereocenters. The molecule has 0 saturated carbocycles. The van der Waals surface area contributed by atoms with Gasteiger partial charge in [-0.25, -0.2) is 13.8 Å². The summed E-state index contributed by atoms with van der Waals surface area (Å²) in [4.78, 5) is 20.1. The van der Waals surface area contributed by atoms with E-state index >= 15 is 0 Å². The highest BCUT2D eigenvalue weighted by atomic mass is 19.3. The average Bonchev–Trinajstić information content (AvgIpc) is 2.82. The molecular formula is C17H23F2N3O2. The van der Waals surface area contributed by atoms with Crippen molar-refractivity contribution < 1.29 is 18.3 Å². The number of alkyl halides is 2. The molecule has 3 heterocycles. The Kier molecular flexibility index (Phi) is 4.46. The molecule has 0 radical (unpaired) electrons. The van der Waals surface area contributed by atoms with E-state index in [2.05, 4.69) is 4.98 Å². The molecule has 1 aromatic heterocycles. The molecule has 1 aromatic rings. The number of rotatable bonds is 4. The lowest BCUT2D eigenvalue weighted by Gasteiger charge is -2.43. The molecule has 3 rings (SSSR count). The summed E-state index contributed by atoms with van der Waals surface area (Å²) in [5.41, 5.74) is -0.210. The third-order valence-electron chi connectivity index (χ3n) is 5.00. The van der Waals surface area contributed by atoms with Crippen LogP contribution in [0.2, 0.25) is 0 Å². The summed E-state index contributed by atoms with van der Waals surface area (Å²) in [6.45, 7) is 3.34. The molecule has 1 atom stereocenters. The predicted molar refractivity (Wildman–Crippen MR) is 84.9 cm³/mol. The third kappa shape index (κ3) is 3.09. The van der Waals surface area contributed by atoms with E-state index in [0.29, 0.717) is 38.5 Å². The zero-order chi connectivity index (χ0) is 17.4. The maximum absolute atomic E-state index is 14.4. The van der Waals surface area contributed by atoms with Gasteiger partial charge in [0.2, 0.25) is 11.8 Å². The first-order valence-corrected chi connectivity index (χ1v) is 8.26. The minimum absolute atomic E-state index is 0.132. The van der Waals surface area contributed by atoms with Gasteiger partial charge in [-0.15, -0.1) is 0 Å². The van der Waals surface area contributed by atoms with Crippen LogP contribution < -0.4 is 4.74 Å². The number of nitrogens with zero attached hydrogens (tertiary/aromatic N) is 3. The Morgan fingerprint density at radius 2 is 2.17 bits per heavy atom. The Bertz CT molecular complexity index is 626. The van der Waals surface area contributed by atoms with Crippen molar-refractivity contribution in [2.75, 3.05) is 33.3 Å². The van der Waals surface area contributed by atoms with Crippen LogP contribution in [-0.4, -0.2) is 59.9 Å². The first-order chi connectivity index (χ1) is 11.4. The Morgan fingerprint density at radius 3 is 2.83 bits per heavy atom. The minimum atomic E-state index is -2.87. The molecule has 2 aliphatic heterocycles. The average molecular weight is 339 g/mol. The highest BCUT2D eigenvalue weighted by Crippen LogP contribution is 2.46. The Labute approximate surface area is 140 Å². The predicted octanol–water partition coefficient (Wildman–Crippen LogP) is 2.17. The van der Waals surface area contributed by atoms with Gasteiger partial charge in [0.25, 0.3) is 5.92 Å². The summed E-state index contributed by atoms with van der Waals surface area (Å²) in [6.07, 6.45) is 1.75. The highest BCUT2D eigenvalue weighted by Gasteiger charge is 2.56. The molecule has 132 valence electrons. The van der Waals surface area contributed by atoms with Gasteiger partial charge in [0.05, 0.1) is 19.1 Å². The minimum Gasteiger partial charge on any atom is -0.481 e. The van der Waals surface area contributed by atoms with Crippen molar-refractivity contribution in [3.8, 4) is 5.88 Å². The molecule has 24 heavy (non-hydrogen) atoms. The molecule has 0 aliphatic carbocycles.